The highest BCUT2D eigenvalue weighted by Crippen LogP contribution is 2.32. The van der Waals surface area contributed by atoms with E-state index in [1.54, 1.807) is 14.2 Å². The molecule has 2 aromatic rings. The van der Waals surface area contributed by atoms with Crippen LogP contribution in [0.15, 0.2) is 18.2 Å². The van der Waals surface area contributed by atoms with Crippen molar-refractivity contribution in [2.75, 3.05) is 25.3 Å². The van der Waals surface area contributed by atoms with Crippen molar-refractivity contribution in [1.29, 1.82) is 0 Å². The van der Waals surface area contributed by atoms with Crippen molar-refractivity contribution < 1.29 is 9.47 Å². The molecule has 3 N–H and O–H groups in total. The molecule has 1 heterocycles. The van der Waals surface area contributed by atoms with E-state index in [1.807, 2.05) is 36.7 Å². The van der Waals surface area contributed by atoms with Gasteiger partial charge < -0.3 is 20.5 Å². The van der Waals surface area contributed by atoms with E-state index in [2.05, 4.69) is 10.4 Å². The Labute approximate surface area is 118 Å². The van der Waals surface area contributed by atoms with Crippen LogP contribution >= 0.6 is 0 Å². The zero-order valence-electron chi connectivity index (χ0n) is 12.2. The number of aromatic nitrogens is 2. The number of methoxy groups -OCH3 is 2. The van der Waals surface area contributed by atoms with E-state index in [0.29, 0.717) is 17.2 Å². The first-order valence-corrected chi connectivity index (χ1v) is 6.42. The summed E-state index contributed by atoms with van der Waals surface area (Å²) in [6, 6.07) is 5.61. The second kappa shape index (κ2) is 5.73. The maximum Gasteiger partial charge on any atom is 0.162 e. The molecule has 1 aromatic carbocycles. The summed E-state index contributed by atoms with van der Waals surface area (Å²) in [5.74, 6) is 2.14. The van der Waals surface area contributed by atoms with Crippen molar-refractivity contribution in [3.05, 3.63) is 23.9 Å². The molecule has 0 atom stereocenters. The summed E-state index contributed by atoms with van der Waals surface area (Å²) in [7, 11) is 3.22. The number of anilines is 3. The lowest BCUT2D eigenvalue weighted by atomic mass is 10.2. The first kappa shape index (κ1) is 14.0. The van der Waals surface area contributed by atoms with E-state index < -0.39 is 0 Å². The van der Waals surface area contributed by atoms with Gasteiger partial charge in [-0.1, -0.05) is 0 Å². The molecule has 1 aromatic heterocycles. The fourth-order valence-electron chi connectivity index (χ4n) is 2.01. The van der Waals surface area contributed by atoms with Crippen LogP contribution < -0.4 is 20.5 Å². The molecule has 2 rings (SSSR count). The summed E-state index contributed by atoms with van der Waals surface area (Å²) >= 11 is 0. The lowest BCUT2D eigenvalue weighted by Crippen LogP contribution is -2.04. The molecule has 0 aliphatic rings. The number of nitrogens with zero attached hydrogens (tertiary/aromatic N) is 2. The summed E-state index contributed by atoms with van der Waals surface area (Å²) in [5, 5.41) is 7.65. The van der Waals surface area contributed by atoms with Crippen molar-refractivity contribution >= 4 is 17.2 Å². The Balaban J connectivity index is 2.35. The Kier molecular flexibility index (Phi) is 4.02. The van der Waals surface area contributed by atoms with Crippen molar-refractivity contribution in [3.8, 4) is 11.5 Å². The molecule has 6 nitrogen and oxygen atoms in total. The van der Waals surface area contributed by atoms with Crippen molar-refractivity contribution in [2.45, 2.75) is 20.4 Å². The van der Waals surface area contributed by atoms with Gasteiger partial charge in [0, 0.05) is 18.3 Å². The minimum absolute atomic E-state index is 0.654. The van der Waals surface area contributed by atoms with Gasteiger partial charge >= 0.3 is 0 Å². The number of rotatable bonds is 5. The minimum Gasteiger partial charge on any atom is -0.493 e. The normalized spacial score (nSPS) is 10.4. The van der Waals surface area contributed by atoms with Crippen LogP contribution in [-0.4, -0.2) is 24.0 Å². The second-order valence-corrected chi connectivity index (χ2v) is 4.36. The van der Waals surface area contributed by atoms with Gasteiger partial charge in [-0.05, 0) is 26.0 Å². The molecule has 0 radical (unpaired) electrons. The molecule has 0 amide bonds. The van der Waals surface area contributed by atoms with Gasteiger partial charge in [0.1, 0.15) is 0 Å². The topological polar surface area (TPSA) is 74.3 Å². The van der Waals surface area contributed by atoms with Gasteiger partial charge in [0.25, 0.3) is 0 Å². The average Bonchev–Trinajstić information content (AvgIpc) is 2.74. The van der Waals surface area contributed by atoms with Gasteiger partial charge in [0.05, 0.1) is 25.6 Å². The number of benzene rings is 1. The van der Waals surface area contributed by atoms with Gasteiger partial charge in [0.15, 0.2) is 17.3 Å². The number of hydrogen-bond acceptors (Lipinski definition) is 5. The third-order valence-electron chi connectivity index (χ3n) is 3.12. The Morgan fingerprint density at radius 1 is 1.25 bits per heavy atom. The summed E-state index contributed by atoms with van der Waals surface area (Å²) in [6.07, 6.45) is 0. The molecule has 0 fully saturated rings. The molecule has 0 saturated heterocycles. The van der Waals surface area contributed by atoms with Crippen LogP contribution in [0.4, 0.5) is 17.2 Å². The Morgan fingerprint density at radius 2 is 1.95 bits per heavy atom. The fraction of sp³-hybridized carbons (Fsp3) is 0.357. The number of nitrogen functional groups attached to an aromatic ring is 1. The highest BCUT2D eigenvalue weighted by atomic mass is 16.5. The molecular formula is C14H20N4O2. The second-order valence-electron chi connectivity index (χ2n) is 4.36. The van der Waals surface area contributed by atoms with E-state index in [4.69, 9.17) is 15.2 Å². The zero-order chi connectivity index (χ0) is 14.7. The Morgan fingerprint density at radius 3 is 2.55 bits per heavy atom. The summed E-state index contributed by atoms with van der Waals surface area (Å²) in [5.41, 5.74) is 8.39. The van der Waals surface area contributed by atoms with Crippen LogP contribution in [0.5, 0.6) is 11.5 Å². The highest BCUT2D eigenvalue weighted by Gasteiger charge is 2.12. The maximum absolute atomic E-state index is 6.05. The largest absolute Gasteiger partial charge is 0.493 e. The lowest BCUT2D eigenvalue weighted by Gasteiger charge is -2.12. The van der Waals surface area contributed by atoms with Gasteiger partial charge in [-0.3, -0.25) is 0 Å². The van der Waals surface area contributed by atoms with Crippen molar-refractivity contribution in [1.82, 2.24) is 9.78 Å². The van der Waals surface area contributed by atoms with Crippen LogP contribution in [0.3, 0.4) is 0 Å². The van der Waals surface area contributed by atoms with E-state index >= 15 is 0 Å². The van der Waals surface area contributed by atoms with Crippen LogP contribution in [0.2, 0.25) is 0 Å². The van der Waals surface area contributed by atoms with E-state index in [9.17, 15) is 0 Å². The first-order chi connectivity index (χ1) is 9.60. The molecule has 0 bridgehead atoms. The SMILES string of the molecule is CCn1nc(C)c(N)c1Nc1ccc(OC)c(OC)c1. The summed E-state index contributed by atoms with van der Waals surface area (Å²) < 4.78 is 12.3. The molecular weight excluding hydrogens is 256 g/mol. The zero-order valence-corrected chi connectivity index (χ0v) is 12.2. The van der Waals surface area contributed by atoms with Crippen molar-refractivity contribution in [2.24, 2.45) is 0 Å². The fourth-order valence-corrected chi connectivity index (χ4v) is 2.01. The molecule has 6 heteroatoms. The standard InChI is InChI=1S/C14H20N4O2/c1-5-18-14(13(15)9(2)17-18)16-10-6-7-11(19-3)12(8-10)20-4/h6-8,16H,5,15H2,1-4H3. The van der Waals surface area contributed by atoms with Gasteiger partial charge in [-0.2, -0.15) is 5.10 Å². The van der Waals surface area contributed by atoms with Gasteiger partial charge in [-0.15, -0.1) is 0 Å². The minimum atomic E-state index is 0.654. The Bertz CT molecular complexity index is 607. The van der Waals surface area contributed by atoms with E-state index in [0.717, 1.165) is 23.7 Å². The first-order valence-electron chi connectivity index (χ1n) is 6.42. The van der Waals surface area contributed by atoms with Crippen LogP contribution in [-0.2, 0) is 6.54 Å². The third-order valence-corrected chi connectivity index (χ3v) is 3.12. The summed E-state index contributed by atoms with van der Waals surface area (Å²) in [6.45, 7) is 4.65. The number of aryl methyl sites for hydroxylation is 2. The van der Waals surface area contributed by atoms with Crippen LogP contribution in [0.25, 0.3) is 0 Å². The molecule has 0 unspecified atom stereocenters. The monoisotopic (exact) mass is 276 g/mol. The van der Waals surface area contributed by atoms with E-state index in [1.165, 1.54) is 0 Å². The van der Waals surface area contributed by atoms with E-state index in [-0.39, 0.29) is 0 Å². The molecule has 0 saturated carbocycles. The Hall–Kier alpha value is -2.37. The van der Waals surface area contributed by atoms with Gasteiger partial charge in [0.2, 0.25) is 0 Å². The average molecular weight is 276 g/mol. The molecule has 20 heavy (non-hydrogen) atoms. The number of hydrogen-bond donors (Lipinski definition) is 2. The number of nitrogens with two attached hydrogens (primary N) is 1. The van der Waals surface area contributed by atoms with Crippen LogP contribution in [0, 0.1) is 6.92 Å². The van der Waals surface area contributed by atoms with Gasteiger partial charge in [-0.25, -0.2) is 4.68 Å². The maximum atomic E-state index is 6.05. The molecule has 108 valence electrons. The number of ether oxygens (including phenoxy) is 2. The summed E-state index contributed by atoms with van der Waals surface area (Å²) in [4.78, 5) is 0. The molecule has 0 aliphatic carbocycles. The number of nitrogens with one attached hydrogen (secondary N) is 1. The smallest absolute Gasteiger partial charge is 0.162 e. The predicted molar refractivity (Wildman–Crippen MR) is 79.9 cm³/mol. The lowest BCUT2D eigenvalue weighted by molar-refractivity contribution is 0.355. The van der Waals surface area contributed by atoms with Crippen molar-refractivity contribution in [3.63, 3.8) is 0 Å². The van der Waals surface area contributed by atoms with Crippen LogP contribution in [0.1, 0.15) is 12.6 Å². The third kappa shape index (κ3) is 2.49. The quantitative estimate of drug-likeness (QED) is 0.878. The highest BCUT2D eigenvalue weighted by molar-refractivity contribution is 5.72. The molecule has 0 aliphatic heterocycles. The predicted octanol–water partition coefficient (Wildman–Crippen LogP) is 2.55. The molecule has 0 spiro atoms.